The third kappa shape index (κ3) is 5.34. The van der Waals surface area contributed by atoms with Crippen LogP contribution >= 0.6 is 0 Å². The number of hydrogen-bond donors (Lipinski definition) is 1. The van der Waals surface area contributed by atoms with Gasteiger partial charge in [0.25, 0.3) is 5.91 Å². The molecule has 2 unspecified atom stereocenters. The van der Waals surface area contributed by atoms with E-state index in [2.05, 4.69) is 5.32 Å². The predicted octanol–water partition coefficient (Wildman–Crippen LogP) is 2.86. The lowest BCUT2D eigenvalue weighted by atomic mass is 10.0. The van der Waals surface area contributed by atoms with E-state index in [-0.39, 0.29) is 24.5 Å². The number of benzene rings is 1. The van der Waals surface area contributed by atoms with E-state index < -0.39 is 12.0 Å². The van der Waals surface area contributed by atoms with Crippen molar-refractivity contribution >= 4 is 11.9 Å². The number of carbonyl (C=O) groups is 2. The van der Waals surface area contributed by atoms with Gasteiger partial charge in [-0.25, -0.2) is 4.79 Å². The van der Waals surface area contributed by atoms with Crippen LogP contribution in [0.15, 0.2) is 24.3 Å². The summed E-state index contributed by atoms with van der Waals surface area (Å²) >= 11 is 0. The summed E-state index contributed by atoms with van der Waals surface area (Å²) in [5, 5.41) is 2.79. The van der Waals surface area contributed by atoms with E-state index in [9.17, 15) is 9.59 Å². The molecule has 1 aromatic rings. The molecule has 1 heterocycles. The first kappa shape index (κ1) is 18.5. The van der Waals surface area contributed by atoms with Gasteiger partial charge in [-0.3, -0.25) is 4.79 Å². The fraction of sp³-hybridized carbons (Fsp3) is 0.579. The Morgan fingerprint density at radius 2 is 1.96 bits per heavy atom. The van der Waals surface area contributed by atoms with E-state index in [0.717, 1.165) is 31.4 Å². The molecule has 1 aliphatic heterocycles. The molecule has 5 heteroatoms. The van der Waals surface area contributed by atoms with Gasteiger partial charge in [0.05, 0.1) is 6.10 Å². The highest BCUT2D eigenvalue weighted by Crippen LogP contribution is 2.14. The van der Waals surface area contributed by atoms with Gasteiger partial charge in [0, 0.05) is 12.2 Å². The third-order valence-electron chi connectivity index (χ3n) is 4.21. The van der Waals surface area contributed by atoms with Gasteiger partial charge in [-0.15, -0.1) is 0 Å². The van der Waals surface area contributed by atoms with Crippen molar-refractivity contribution in [3.8, 4) is 0 Å². The largest absolute Gasteiger partial charge is 0.461 e. The molecule has 0 radical (unpaired) electrons. The van der Waals surface area contributed by atoms with E-state index in [1.54, 1.807) is 12.1 Å². The second-order valence-electron chi connectivity index (χ2n) is 6.68. The van der Waals surface area contributed by atoms with Crippen molar-refractivity contribution in [2.24, 2.45) is 5.92 Å². The normalized spacial score (nSPS) is 18.9. The number of ether oxygens (including phenoxy) is 2. The molecule has 132 valence electrons. The molecule has 24 heavy (non-hydrogen) atoms. The number of nitrogens with one attached hydrogen (secondary N) is 1. The van der Waals surface area contributed by atoms with Crippen molar-refractivity contribution in [2.75, 3.05) is 13.2 Å². The van der Waals surface area contributed by atoms with E-state index >= 15 is 0 Å². The molecular formula is C19H27NO4. The summed E-state index contributed by atoms with van der Waals surface area (Å²) in [5.74, 6) is -0.724. The standard InChI is InChI=1S/C19H27NO4/c1-13(2)17(19(22)24-12-16-6-4-5-11-23-16)20-18(21)15-9-7-14(3)8-10-15/h7-10,13,16-17H,4-6,11-12H2,1-3H3,(H,20,21). The van der Waals surface area contributed by atoms with E-state index in [0.29, 0.717) is 5.56 Å². The maximum atomic E-state index is 12.4. The molecule has 2 atom stereocenters. The summed E-state index contributed by atoms with van der Waals surface area (Å²) in [6, 6.07) is 6.59. The van der Waals surface area contributed by atoms with Gasteiger partial charge >= 0.3 is 5.97 Å². The highest BCUT2D eigenvalue weighted by Gasteiger charge is 2.27. The summed E-state index contributed by atoms with van der Waals surface area (Å²) in [5.41, 5.74) is 1.62. The van der Waals surface area contributed by atoms with Crippen molar-refractivity contribution in [1.82, 2.24) is 5.32 Å². The average Bonchev–Trinajstić information content (AvgIpc) is 2.58. The molecule has 0 aliphatic carbocycles. The summed E-state index contributed by atoms with van der Waals surface area (Å²) in [6.45, 7) is 6.71. The quantitative estimate of drug-likeness (QED) is 0.813. The first-order valence-corrected chi connectivity index (χ1v) is 8.63. The summed E-state index contributed by atoms with van der Waals surface area (Å²) in [6.07, 6.45) is 3.05. The molecule has 1 N–H and O–H groups in total. The molecule has 1 aromatic carbocycles. The maximum Gasteiger partial charge on any atom is 0.329 e. The Balaban J connectivity index is 1.91. The Bertz CT molecular complexity index is 547. The molecule has 0 spiro atoms. The summed E-state index contributed by atoms with van der Waals surface area (Å²) in [7, 11) is 0. The minimum atomic E-state index is -0.664. The van der Waals surface area contributed by atoms with Crippen LogP contribution in [0.25, 0.3) is 0 Å². The van der Waals surface area contributed by atoms with Crippen LogP contribution in [0.1, 0.15) is 49.0 Å². The Kier molecular flexibility index (Phi) is 6.79. The number of amides is 1. The number of carbonyl (C=O) groups excluding carboxylic acids is 2. The zero-order chi connectivity index (χ0) is 17.5. The fourth-order valence-corrected chi connectivity index (χ4v) is 2.63. The lowest BCUT2D eigenvalue weighted by Gasteiger charge is -2.25. The highest BCUT2D eigenvalue weighted by atomic mass is 16.6. The Morgan fingerprint density at radius 3 is 2.54 bits per heavy atom. The molecule has 0 bridgehead atoms. The van der Waals surface area contributed by atoms with Crippen molar-refractivity contribution < 1.29 is 19.1 Å². The Labute approximate surface area is 143 Å². The molecule has 0 aromatic heterocycles. The monoisotopic (exact) mass is 333 g/mol. The molecule has 5 nitrogen and oxygen atoms in total. The second-order valence-corrected chi connectivity index (χ2v) is 6.68. The first-order valence-electron chi connectivity index (χ1n) is 8.63. The number of esters is 1. The van der Waals surface area contributed by atoms with Crippen molar-refractivity contribution in [1.29, 1.82) is 0 Å². The van der Waals surface area contributed by atoms with Crippen LogP contribution in [-0.4, -0.2) is 37.2 Å². The number of rotatable bonds is 6. The van der Waals surface area contributed by atoms with Crippen LogP contribution in [0, 0.1) is 12.8 Å². The molecule has 0 saturated carbocycles. The topological polar surface area (TPSA) is 64.6 Å². The van der Waals surface area contributed by atoms with Gasteiger partial charge in [-0.1, -0.05) is 31.5 Å². The molecule has 1 fully saturated rings. The Hall–Kier alpha value is -1.88. The van der Waals surface area contributed by atoms with Gasteiger partial charge in [0.1, 0.15) is 12.6 Å². The third-order valence-corrected chi connectivity index (χ3v) is 4.21. The van der Waals surface area contributed by atoms with Crippen LogP contribution in [0.2, 0.25) is 0 Å². The van der Waals surface area contributed by atoms with Gasteiger partial charge in [-0.05, 0) is 44.2 Å². The SMILES string of the molecule is Cc1ccc(C(=O)NC(C(=O)OCC2CCCCO2)C(C)C)cc1. The summed E-state index contributed by atoms with van der Waals surface area (Å²) in [4.78, 5) is 24.7. The highest BCUT2D eigenvalue weighted by molar-refractivity contribution is 5.96. The van der Waals surface area contributed by atoms with Crippen LogP contribution in [-0.2, 0) is 14.3 Å². The molecule has 2 rings (SSSR count). The van der Waals surface area contributed by atoms with Gasteiger partial charge in [0.15, 0.2) is 0 Å². The second kappa shape index (κ2) is 8.83. The fourth-order valence-electron chi connectivity index (χ4n) is 2.63. The van der Waals surface area contributed by atoms with Crippen molar-refractivity contribution in [3.05, 3.63) is 35.4 Å². The zero-order valence-electron chi connectivity index (χ0n) is 14.7. The smallest absolute Gasteiger partial charge is 0.329 e. The molecular weight excluding hydrogens is 306 g/mol. The van der Waals surface area contributed by atoms with E-state index in [4.69, 9.17) is 9.47 Å². The maximum absolute atomic E-state index is 12.4. The summed E-state index contributed by atoms with van der Waals surface area (Å²) < 4.78 is 10.9. The first-order chi connectivity index (χ1) is 11.5. The van der Waals surface area contributed by atoms with E-state index in [1.165, 1.54) is 0 Å². The van der Waals surface area contributed by atoms with Crippen LogP contribution in [0.4, 0.5) is 0 Å². The average molecular weight is 333 g/mol. The molecule has 1 saturated heterocycles. The van der Waals surface area contributed by atoms with Crippen molar-refractivity contribution in [2.45, 2.75) is 52.2 Å². The molecule has 1 amide bonds. The van der Waals surface area contributed by atoms with E-state index in [1.807, 2.05) is 32.9 Å². The van der Waals surface area contributed by atoms with Crippen LogP contribution in [0.5, 0.6) is 0 Å². The van der Waals surface area contributed by atoms with Crippen molar-refractivity contribution in [3.63, 3.8) is 0 Å². The molecule has 1 aliphatic rings. The Morgan fingerprint density at radius 1 is 1.25 bits per heavy atom. The number of hydrogen-bond acceptors (Lipinski definition) is 4. The van der Waals surface area contributed by atoms with Gasteiger partial charge < -0.3 is 14.8 Å². The van der Waals surface area contributed by atoms with Crippen LogP contribution < -0.4 is 5.32 Å². The van der Waals surface area contributed by atoms with Gasteiger partial charge in [-0.2, -0.15) is 0 Å². The zero-order valence-corrected chi connectivity index (χ0v) is 14.7. The predicted molar refractivity (Wildman–Crippen MR) is 91.8 cm³/mol. The van der Waals surface area contributed by atoms with Gasteiger partial charge in [0.2, 0.25) is 0 Å². The minimum Gasteiger partial charge on any atom is -0.461 e. The number of aryl methyl sites for hydroxylation is 1. The minimum absolute atomic E-state index is 0.0247. The lowest BCUT2D eigenvalue weighted by Crippen LogP contribution is -2.46. The lowest BCUT2D eigenvalue weighted by molar-refractivity contribution is -0.152. The van der Waals surface area contributed by atoms with Crippen LogP contribution in [0.3, 0.4) is 0 Å².